The van der Waals surface area contributed by atoms with Crippen molar-refractivity contribution in [3.05, 3.63) is 81.7 Å². The highest BCUT2D eigenvalue weighted by molar-refractivity contribution is 7.15. The SMILES string of the molecule is O[C@H]1[C@H](O)[C@@H](O)C(c2ccc(Cl)c(Cc3ccc(-c4ccccc4)s3)c2)O[C@@H]1CF. The van der Waals surface area contributed by atoms with Gasteiger partial charge < -0.3 is 20.1 Å². The molecule has 0 spiro atoms. The molecule has 2 aromatic carbocycles. The van der Waals surface area contributed by atoms with Gasteiger partial charge in [0, 0.05) is 21.2 Å². The van der Waals surface area contributed by atoms with Gasteiger partial charge in [-0.2, -0.15) is 0 Å². The zero-order valence-electron chi connectivity index (χ0n) is 16.0. The largest absolute Gasteiger partial charge is 0.387 e. The number of thiophene rings is 1. The van der Waals surface area contributed by atoms with Crippen molar-refractivity contribution in [2.45, 2.75) is 36.9 Å². The lowest BCUT2D eigenvalue weighted by atomic mass is 9.90. The maximum atomic E-state index is 13.2. The van der Waals surface area contributed by atoms with Crippen molar-refractivity contribution in [1.29, 1.82) is 0 Å². The lowest BCUT2D eigenvalue weighted by Gasteiger charge is -2.40. The van der Waals surface area contributed by atoms with E-state index in [4.69, 9.17) is 16.3 Å². The summed E-state index contributed by atoms with van der Waals surface area (Å²) >= 11 is 8.08. The molecule has 4 rings (SSSR count). The zero-order valence-corrected chi connectivity index (χ0v) is 17.6. The second-order valence-electron chi connectivity index (χ2n) is 7.38. The molecule has 7 heteroatoms. The normalized spacial score (nSPS) is 26.6. The maximum absolute atomic E-state index is 13.2. The molecule has 0 bridgehead atoms. The van der Waals surface area contributed by atoms with E-state index >= 15 is 0 Å². The van der Waals surface area contributed by atoms with Gasteiger partial charge in [0.15, 0.2) is 0 Å². The second kappa shape index (κ2) is 9.14. The first-order chi connectivity index (χ1) is 14.5. The van der Waals surface area contributed by atoms with Crippen LogP contribution in [0.1, 0.15) is 22.1 Å². The Morgan fingerprint density at radius 3 is 2.43 bits per heavy atom. The number of alkyl halides is 1. The Morgan fingerprint density at radius 1 is 0.933 bits per heavy atom. The maximum Gasteiger partial charge on any atom is 0.118 e. The van der Waals surface area contributed by atoms with E-state index in [0.717, 1.165) is 20.9 Å². The molecule has 4 nitrogen and oxygen atoms in total. The van der Waals surface area contributed by atoms with Crippen molar-refractivity contribution >= 4 is 22.9 Å². The first-order valence-corrected chi connectivity index (χ1v) is 10.9. The molecule has 2 heterocycles. The van der Waals surface area contributed by atoms with Crippen molar-refractivity contribution in [3.8, 4) is 10.4 Å². The molecule has 1 unspecified atom stereocenters. The number of hydrogen-bond acceptors (Lipinski definition) is 5. The van der Waals surface area contributed by atoms with E-state index in [1.807, 2.05) is 18.2 Å². The van der Waals surface area contributed by atoms with Crippen LogP contribution in [-0.4, -0.2) is 46.4 Å². The Bertz CT molecular complexity index is 994. The minimum atomic E-state index is -1.49. The molecule has 1 fully saturated rings. The molecule has 3 aromatic rings. The van der Waals surface area contributed by atoms with Crippen LogP contribution >= 0.6 is 22.9 Å². The summed E-state index contributed by atoms with van der Waals surface area (Å²) in [4.78, 5) is 2.28. The Morgan fingerprint density at radius 2 is 1.70 bits per heavy atom. The number of benzene rings is 2. The topological polar surface area (TPSA) is 69.9 Å². The third kappa shape index (κ3) is 4.30. The molecule has 0 aliphatic carbocycles. The summed E-state index contributed by atoms with van der Waals surface area (Å²) in [6.07, 6.45) is -5.90. The van der Waals surface area contributed by atoms with Gasteiger partial charge in [-0.25, -0.2) is 4.39 Å². The van der Waals surface area contributed by atoms with Crippen LogP contribution in [0.4, 0.5) is 4.39 Å². The monoisotopic (exact) mass is 448 g/mol. The number of ether oxygens (including phenoxy) is 1. The first-order valence-electron chi connectivity index (χ1n) is 9.66. The highest BCUT2D eigenvalue weighted by Crippen LogP contribution is 2.36. The number of halogens is 2. The molecule has 0 radical (unpaired) electrons. The van der Waals surface area contributed by atoms with Crippen molar-refractivity contribution in [2.75, 3.05) is 6.67 Å². The van der Waals surface area contributed by atoms with Crippen LogP contribution in [0.2, 0.25) is 5.02 Å². The van der Waals surface area contributed by atoms with E-state index in [2.05, 4.69) is 24.3 Å². The fraction of sp³-hybridized carbons (Fsp3) is 0.304. The molecule has 158 valence electrons. The molecule has 1 aliphatic heterocycles. The number of aliphatic hydroxyl groups excluding tert-OH is 3. The Kier molecular flexibility index (Phi) is 6.53. The van der Waals surface area contributed by atoms with Gasteiger partial charge >= 0.3 is 0 Å². The summed E-state index contributed by atoms with van der Waals surface area (Å²) in [5.74, 6) is 0. The predicted octanol–water partition coefficient (Wildman–Crippen LogP) is 4.15. The van der Waals surface area contributed by atoms with Gasteiger partial charge in [-0.1, -0.05) is 54.1 Å². The van der Waals surface area contributed by atoms with Crippen molar-refractivity contribution in [2.24, 2.45) is 0 Å². The fourth-order valence-electron chi connectivity index (χ4n) is 3.68. The van der Waals surface area contributed by atoms with Gasteiger partial charge in [0.1, 0.15) is 37.2 Å². The molecular formula is C23H22ClFO4S. The lowest BCUT2D eigenvalue weighted by molar-refractivity contribution is -0.227. The van der Waals surface area contributed by atoms with Gasteiger partial charge in [0.2, 0.25) is 0 Å². The lowest BCUT2D eigenvalue weighted by Crippen LogP contribution is -2.54. The van der Waals surface area contributed by atoms with Crippen LogP contribution in [0.3, 0.4) is 0 Å². The van der Waals surface area contributed by atoms with E-state index < -0.39 is 37.2 Å². The summed E-state index contributed by atoms with van der Waals surface area (Å²) in [7, 11) is 0. The van der Waals surface area contributed by atoms with E-state index in [1.165, 1.54) is 0 Å². The van der Waals surface area contributed by atoms with Crippen LogP contribution in [-0.2, 0) is 11.2 Å². The van der Waals surface area contributed by atoms with E-state index in [9.17, 15) is 19.7 Å². The summed E-state index contributed by atoms with van der Waals surface area (Å²) in [5, 5.41) is 30.9. The molecule has 1 aromatic heterocycles. The Hall–Kier alpha value is -1.80. The molecule has 0 amide bonds. The van der Waals surface area contributed by atoms with Crippen molar-refractivity contribution in [3.63, 3.8) is 0 Å². The standard InChI is InChI=1S/C23H22ClFO4S/c24-17-8-6-14(23-22(28)21(27)20(26)18(12-25)29-23)10-15(17)11-16-7-9-19(30-16)13-4-2-1-3-5-13/h1-10,18,20-23,26-28H,11-12H2/t18-,20-,21+,22-,23?/m1/s1. The third-order valence-electron chi connectivity index (χ3n) is 5.35. The highest BCUT2D eigenvalue weighted by atomic mass is 35.5. The van der Waals surface area contributed by atoms with Crippen LogP contribution in [0.15, 0.2) is 60.7 Å². The van der Waals surface area contributed by atoms with Gasteiger partial charge in [-0.05, 0) is 34.9 Å². The highest BCUT2D eigenvalue weighted by Gasteiger charge is 2.44. The molecule has 3 N–H and O–H groups in total. The molecular weight excluding hydrogens is 427 g/mol. The third-order valence-corrected chi connectivity index (χ3v) is 6.85. The van der Waals surface area contributed by atoms with Gasteiger partial charge in [-0.15, -0.1) is 11.3 Å². The van der Waals surface area contributed by atoms with E-state index in [-0.39, 0.29) is 0 Å². The quantitative estimate of drug-likeness (QED) is 0.548. The zero-order chi connectivity index (χ0) is 21.3. The molecule has 1 saturated heterocycles. The average molecular weight is 449 g/mol. The van der Waals surface area contributed by atoms with Gasteiger partial charge in [-0.3, -0.25) is 0 Å². The molecule has 1 aliphatic rings. The number of rotatable bonds is 5. The van der Waals surface area contributed by atoms with E-state index in [1.54, 1.807) is 29.5 Å². The van der Waals surface area contributed by atoms with Crippen LogP contribution in [0.5, 0.6) is 0 Å². The fourth-order valence-corrected chi connectivity index (χ4v) is 4.90. The summed E-state index contributed by atoms with van der Waals surface area (Å²) < 4.78 is 18.7. The Balaban J connectivity index is 1.57. The summed E-state index contributed by atoms with van der Waals surface area (Å²) in [6, 6.07) is 19.4. The summed E-state index contributed by atoms with van der Waals surface area (Å²) in [5.41, 5.74) is 2.56. The minimum Gasteiger partial charge on any atom is -0.387 e. The van der Waals surface area contributed by atoms with Crippen LogP contribution in [0, 0.1) is 0 Å². The smallest absolute Gasteiger partial charge is 0.118 e. The molecule has 0 saturated carbocycles. The summed E-state index contributed by atoms with van der Waals surface area (Å²) in [6.45, 7) is -0.959. The Labute approximate surface area is 183 Å². The predicted molar refractivity (Wildman–Crippen MR) is 116 cm³/mol. The van der Waals surface area contributed by atoms with Crippen molar-refractivity contribution in [1.82, 2.24) is 0 Å². The van der Waals surface area contributed by atoms with E-state index in [0.29, 0.717) is 17.0 Å². The minimum absolute atomic E-state index is 0.571. The molecule has 30 heavy (non-hydrogen) atoms. The van der Waals surface area contributed by atoms with Crippen molar-refractivity contribution < 1.29 is 24.4 Å². The van der Waals surface area contributed by atoms with Gasteiger partial charge in [0.05, 0.1) is 0 Å². The first kappa shape index (κ1) is 21.4. The average Bonchev–Trinajstić information content (AvgIpc) is 3.23. The second-order valence-corrected chi connectivity index (χ2v) is 8.96. The van der Waals surface area contributed by atoms with Crippen LogP contribution in [0.25, 0.3) is 10.4 Å². The molecule has 5 atom stereocenters. The van der Waals surface area contributed by atoms with Crippen LogP contribution < -0.4 is 0 Å². The number of aliphatic hydroxyl groups is 3. The van der Waals surface area contributed by atoms with Gasteiger partial charge in [0.25, 0.3) is 0 Å². The number of hydrogen-bond donors (Lipinski definition) is 3.